The van der Waals surface area contributed by atoms with Crippen molar-refractivity contribution in [1.82, 2.24) is 5.32 Å². The van der Waals surface area contributed by atoms with Crippen LogP contribution in [0.4, 0.5) is 0 Å². The molecule has 0 atom stereocenters. The fraction of sp³-hybridized carbons (Fsp3) is 0.571. The van der Waals surface area contributed by atoms with E-state index in [4.69, 9.17) is 4.74 Å². The number of hydrogen-bond acceptors (Lipinski definition) is 2. The molecule has 0 rings (SSSR count). The molecule has 58 valence electrons. The van der Waals surface area contributed by atoms with Crippen molar-refractivity contribution in [1.29, 1.82) is 0 Å². The molecule has 0 aromatic heterocycles. The Bertz CT molecular complexity index is 121. The quantitative estimate of drug-likeness (QED) is 0.357. The van der Waals surface area contributed by atoms with Crippen LogP contribution < -0.4 is 5.32 Å². The van der Waals surface area contributed by atoms with E-state index >= 15 is 0 Å². The minimum absolute atomic E-state index is 0.115. The van der Waals surface area contributed by atoms with Crippen molar-refractivity contribution >= 4 is 5.91 Å². The molecule has 10 heavy (non-hydrogen) atoms. The molecule has 0 saturated carbocycles. The first-order valence-corrected chi connectivity index (χ1v) is 3.29. The molecule has 0 radical (unpaired) electrons. The van der Waals surface area contributed by atoms with Gasteiger partial charge in [-0.15, -0.1) is 0 Å². The van der Waals surface area contributed by atoms with Gasteiger partial charge >= 0.3 is 0 Å². The largest absolute Gasteiger partial charge is 0.362 e. The van der Waals surface area contributed by atoms with E-state index in [1.165, 1.54) is 6.08 Å². The van der Waals surface area contributed by atoms with Gasteiger partial charge in [0.1, 0.15) is 6.73 Å². The number of rotatable bonds is 4. The summed E-state index contributed by atoms with van der Waals surface area (Å²) in [5.41, 5.74) is 0. The van der Waals surface area contributed by atoms with Crippen molar-refractivity contribution in [2.45, 2.75) is 13.8 Å². The summed E-state index contributed by atoms with van der Waals surface area (Å²) in [5, 5.41) is 2.54. The smallest absolute Gasteiger partial charge is 0.245 e. The second kappa shape index (κ2) is 6.29. The van der Waals surface area contributed by atoms with Crippen molar-refractivity contribution in [3.05, 3.63) is 12.2 Å². The van der Waals surface area contributed by atoms with Gasteiger partial charge in [0.25, 0.3) is 0 Å². The Morgan fingerprint density at radius 3 is 2.90 bits per heavy atom. The Kier molecular flexibility index (Phi) is 5.77. The molecule has 0 spiro atoms. The van der Waals surface area contributed by atoms with Crippen LogP contribution in [-0.2, 0) is 9.53 Å². The maximum Gasteiger partial charge on any atom is 0.245 e. The van der Waals surface area contributed by atoms with Crippen molar-refractivity contribution < 1.29 is 9.53 Å². The van der Waals surface area contributed by atoms with Crippen LogP contribution in [0, 0.1) is 0 Å². The lowest BCUT2D eigenvalue weighted by Crippen LogP contribution is -2.23. The number of allylic oxidation sites excluding steroid dienone is 1. The highest BCUT2D eigenvalue weighted by molar-refractivity contribution is 5.87. The third-order valence-corrected chi connectivity index (χ3v) is 0.871. The van der Waals surface area contributed by atoms with Crippen LogP contribution in [0.1, 0.15) is 13.8 Å². The Hall–Kier alpha value is -0.830. The second-order valence-corrected chi connectivity index (χ2v) is 1.68. The third-order valence-electron chi connectivity index (χ3n) is 0.871. The molecular formula is C7H13NO2. The monoisotopic (exact) mass is 143 g/mol. The Balaban J connectivity index is 3.22. The molecule has 3 nitrogen and oxygen atoms in total. The maximum atomic E-state index is 10.6. The average Bonchev–Trinajstić information content (AvgIpc) is 1.89. The number of carbonyl (C=O) groups excluding carboxylic acids is 1. The number of nitrogens with one attached hydrogen (secondary N) is 1. The van der Waals surface area contributed by atoms with Gasteiger partial charge in [0.15, 0.2) is 0 Å². The van der Waals surface area contributed by atoms with Crippen molar-refractivity contribution in [3.8, 4) is 0 Å². The lowest BCUT2D eigenvalue weighted by Gasteiger charge is -1.99. The zero-order chi connectivity index (χ0) is 7.82. The Labute approximate surface area is 61.1 Å². The standard InChI is InChI=1S/C7H13NO2/c1-3-5-7(9)8-6-10-4-2/h3,5H,4,6H2,1-2H3,(H,8,9)/b5-3+. The second-order valence-electron chi connectivity index (χ2n) is 1.68. The van der Waals surface area contributed by atoms with Gasteiger partial charge in [-0.05, 0) is 19.9 Å². The zero-order valence-electron chi connectivity index (χ0n) is 6.39. The van der Waals surface area contributed by atoms with E-state index in [1.807, 2.05) is 6.92 Å². The van der Waals surface area contributed by atoms with Crippen molar-refractivity contribution in [3.63, 3.8) is 0 Å². The highest BCUT2D eigenvalue weighted by Crippen LogP contribution is 1.72. The summed E-state index contributed by atoms with van der Waals surface area (Å²) in [6.07, 6.45) is 3.14. The van der Waals surface area contributed by atoms with Crippen LogP contribution >= 0.6 is 0 Å². The Morgan fingerprint density at radius 2 is 2.40 bits per heavy atom. The molecule has 0 aliphatic heterocycles. The fourth-order valence-corrected chi connectivity index (χ4v) is 0.435. The van der Waals surface area contributed by atoms with Gasteiger partial charge in [-0.2, -0.15) is 0 Å². The van der Waals surface area contributed by atoms with Gasteiger partial charge in [-0.3, -0.25) is 4.79 Å². The minimum atomic E-state index is -0.115. The number of hydrogen-bond donors (Lipinski definition) is 1. The van der Waals surface area contributed by atoms with Gasteiger partial charge in [0.2, 0.25) is 5.91 Å². The zero-order valence-corrected chi connectivity index (χ0v) is 6.39. The summed E-state index contributed by atoms with van der Waals surface area (Å²) in [7, 11) is 0. The van der Waals surface area contributed by atoms with E-state index in [0.717, 1.165) is 0 Å². The highest BCUT2D eigenvalue weighted by Gasteiger charge is 1.89. The summed E-state index contributed by atoms with van der Waals surface area (Å²) in [6.45, 7) is 4.58. The van der Waals surface area contributed by atoms with Gasteiger partial charge in [-0.1, -0.05) is 6.08 Å². The van der Waals surface area contributed by atoms with Crippen molar-refractivity contribution in [2.24, 2.45) is 0 Å². The lowest BCUT2D eigenvalue weighted by molar-refractivity contribution is -0.118. The summed E-state index contributed by atoms with van der Waals surface area (Å²) < 4.78 is 4.88. The molecule has 0 saturated heterocycles. The molecule has 0 aromatic carbocycles. The lowest BCUT2D eigenvalue weighted by atomic mass is 10.5. The van der Waals surface area contributed by atoms with Crippen LogP contribution in [0.15, 0.2) is 12.2 Å². The fourth-order valence-electron chi connectivity index (χ4n) is 0.435. The van der Waals surface area contributed by atoms with Crippen LogP contribution in [-0.4, -0.2) is 19.2 Å². The first-order valence-electron chi connectivity index (χ1n) is 3.29. The van der Waals surface area contributed by atoms with Crippen LogP contribution in [0.3, 0.4) is 0 Å². The molecule has 0 aliphatic rings. The SMILES string of the molecule is C/C=C/C(=O)NCOCC. The number of carbonyl (C=O) groups is 1. The molecule has 0 fully saturated rings. The average molecular weight is 143 g/mol. The first kappa shape index (κ1) is 9.17. The molecule has 0 heterocycles. The summed E-state index contributed by atoms with van der Waals surface area (Å²) >= 11 is 0. The van der Waals surface area contributed by atoms with Gasteiger partial charge < -0.3 is 10.1 Å². The minimum Gasteiger partial charge on any atom is -0.362 e. The van der Waals surface area contributed by atoms with E-state index < -0.39 is 0 Å². The Morgan fingerprint density at radius 1 is 1.70 bits per heavy atom. The molecule has 1 amide bonds. The van der Waals surface area contributed by atoms with Crippen LogP contribution in [0.5, 0.6) is 0 Å². The van der Waals surface area contributed by atoms with E-state index in [-0.39, 0.29) is 5.91 Å². The maximum absolute atomic E-state index is 10.6. The van der Waals surface area contributed by atoms with Gasteiger partial charge in [0.05, 0.1) is 0 Å². The topological polar surface area (TPSA) is 38.3 Å². The molecule has 3 heteroatoms. The van der Waals surface area contributed by atoms with Gasteiger partial charge in [0, 0.05) is 6.61 Å². The van der Waals surface area contributed by atoms with E-state index in [2.05, 4.69) is 5.32 Å². The molecular weight excluding hydrogens is 130 g/mol. The molecule has 1 N–H and O–H groups in total. The summed E-state index contributed by atoms with van der Waals surface area (Å²) in [6, 6.07) is 0. The summed E-state index contributed by atoms with van der Waals surface area (Å²) in [4.78, 5) is 10.6. The number of ether oxygens (including phenoxy) is 1. The summed E-state index contributed by atoms with van der Waals surface area (Å²) in [5.74, 6) is -0.115. The van der Waals surface area contributed by atoms with E-state index in [1.54, 1.807) is 13.0 Å². The third kappa shape index (κ3) is 5.31. The molecule has 0 unspecified atom stereocenters. The molecule has 0 bridgehead atoms. The normalized spacial score (nSPS) is 10.2. The van der Waals surface area contributed by atoms with Crippen molar-refractivity contribution in [2.75, 3.05) is 13.3 Å². The first-order chi connectivity index (χ1) is 4.81. The van der Waals surface area contributed by atoms with Crippen LogP contribution in [0.25, 0.3) is 0 Å². The number of amides is 1. The highest BCUT2D eigenvalue weighted by atomic mass is 16.5. The predicted molar refractivity (Wildman–Crippen MR) is 39.4 cm³/mol. The van der Waals surface area contributed by atoms with E-state index in [9.17, 15) is 4.79 Å². The molecule has 0 aromatic rings. The predicted octanol–water partition coefficient (Wildman–Crippen LogP) is 0.673. The van der Waals surface area contributed by atoms with Crippen LogP contribution in [0.2, 0.25) is 0 Å². The molecule has 0 aliphatic carbocycles. The van der Waals surface area contributed by atoms with E-state index in [0.29, 0.717) is 13.3 Å². The van der Waals surface area contributed by atoms with Gasteiger partial charge in [-0.25, -0.2) is 0 Å².